The molecule has 19 heavy (non-hydrogen) atoms. The molecule has 0 aromatic heterocycles. The van der Waals surface area contributed by atoms with E-state index in [1.807, 2.05) is 13.8 Å². The zero-order chi connectivity index (χ0) is 14.2. The van der Waals surface area contributed by atoms with Crippen molar-refractivity contribution < 1.29 is 13.5 Å². The minimum Gasteiger partial charge on any atom is -0.389 e. The molecule has 1 aliphatic heterocycles. The van der Waals surface area contributed by atoms with Gasteiger partial charge in [0.2, 0.25) is 0 Å². The summed E-state index contributed by atoms with van der Waals surface area (Å²) in [6.45, 7) is 4.65. The number of benzene rings is 1. The molecule has 1 aliphatic rings. The summed E-state index contributed by atoms with van der Waals surface area (Å²) in [6, 6.07) is 2.34. The number of nitrogens with zero attached hydrogens (tertiary/aromatic N) is 1. The Bertz CT molecular complexity index is 476. The van der Waals surface area contributed by atoms with Crippen LogP contribution in [0.25, 0.3) is 0 Å². The van der Waals surface area contributed by atoms with Gasteiger partial charge in [0, 0.05) is 18.7 Å². The molecule has 0 spiro atoms. The quantitative estimate of drug-likeness (QED) is 0.846. The van der Waals surface area contributed by atoms with E-state index in [1.165, 1.54) is 12.1 Å². The first-order valence-corrected chi connectivity index (χ1v) is 6.48. The number of ether oxygens (including phenoxy) is 1. The molecule has 0 radical (unpaired) electrons. The predicted octanol–water partition coefficient (Wildman–Crippen LogP) is 2.21. The Morgan fingerprint density at radius 3 is 2.16 bits per heavy atom. The maximum atomic E-state index is 14.1. The minimum absolute atomic E-state index is 0.0203. The smallest absolute Gasteiger partial charge is 0.150 e. The summed E-state index contributed by atoms with van der Waals surface area (Å²) in [5, 5.41) is 0. The lowest BCUT2D eigenvalue weighted by Gasteiger charge is -2.37. The largest absolute Gasteiger partial charge is 0.389 e. The van der Waals surface area contributed by atoms with E-state index in [1.54, 1.807) is 4.90 Å². The Hall–Kier alpha value is -1.27. The second-order valence-corrected chi connectivity index (χ2v) is 5.25. The fraction of sp³-hybridized carbons (Fsp3) is 0.462. The summed E-state index contributed by atoms with van der Waals surface area (Å²) >= 11 is 4.73. The van der Waals surface area contributed by atoms with Crippen molar-refractivity contribution in [1.29, 1.82) is 0 Å². The van der Waals surface area contributed by atoms with Crippen LogP contribution in [0.4, 0.5) is 14.5 Å². The van der Waals surface area contributed by atoms with Gasteiger partial charge < -0.3 is 15.4 Å². The highest BCUT2D eigenvalue weighted by atomic mass is 32.1. The van der Waals surface area contributed by atoms with Crippen molar-refractivity contribution >= 4 is 22.9 Å². The van der Waals surface area contributed by atoms with Crippen LogP contribution in [-0.4, -0.2) is 30.3 Å². The number of hydrogen-bond donors (Lipinski definition) is 1. The SMILES string of the molecule is CC1CN(c2c(F)cc(C(N)=S)cc2F)CC(C)O1. The molecule has 2 unspecified atom stereocenters. The number of hydrogen-bond acceptors (Lipinski definition) is 3. The van der Waals surface area contributed by atoms with Crippen LogP contribution >= 0.6 is 12.2 Å². The van der Waals surface area contributed by atoms with E-state index in [-0.39, 0.29) is 28.4 Å². The van der Waals surface area contributed by atoms with E-state index in [4.69, 9.17) is 22.7 Å². The molecule has 2 rings (SSSR count). The molecule has 0 bridgehead atoms. The fourth-order valence-electron chi connectivity index (χ4n) is 2.37. The Morgan fingerprint density at radius 1 is 1.26 bits per heavy atom. The normalized spacial score (nSPS) is 23.5. The van der Waals surface area contributed by atoms with Crippen LogP contribution in [0.1, 0.15) is 19.4 Å². The van der Waals surface area contributed by atoms with Gasteiger partial charge in [-0.15, -0.1) is 0 Å². The molecular formula is C13H16F2N2OS. The van der Waals surface area contributed by atoms with Gasteiger partial charge in [0.05, 0.1) is 12.2 Å². The van der Waals surface area contributed by atoms with E-state index in [9.17, 15) is 8.78 Å². The van der Waals surface area contributed by atoms with Crippen LogP contribution in [0.15, 0.2) is 12.1 Å². The standard InChI is InChI=1S/C13H16F2N2OS/c1-7-5-17(6-8(2)18-7)12-10(14)3-9(13(16)19)4-11(12)15/h3-4,7-8H,5-6H2,1-2H3,(H2,16,19). The third-order valence-electron chi connectivity index (χ3n) is 3.04. The number of morpholine rings is 1. The number of thiocarbonyl (C=S) groups is 1. The lowest BCUT2D eigenvalue weighted by atomic mass is 10.1. The zero-order valence-electron chi connectivity index (χ0n) is 10.8. The summed E-state index contributed by atoms with van der Waals surface area (Å²) < 4.78 is 33.7. The Balaban J connectivity index is 2.37. The highest BCUT2D eigenvalue weighted by Crippen LogP contribution is 2.27. The molecule has 0 saturated carbocycles. The molecule has 2 N–H and O–H groups in total. The summed E-state index contributed by atoms with van der Waals surface area (Å²) in [6.07, 6.45) is -0.143. The van der Waals surface area contributed by atoms with Gasteiger partial charge >= 0.3 is 0 Å². The molecule has 0 amide bonds. The fourth-order valence-corrected chi connectivity index (χ4v) is 2.49. The highest BCUT2D eigenvalue weighted by Gasteiger charge is 2.27. The third kappa shape index (κ3) is 3.01. The van der Waals surface area contributed by atoms with Crippen molar-refractivity contribution in [2.45, 2.75) is 26.1 Å². The summed E-state index contributed by atoms with van der Waals surface area (Å²) in [4.78, 5) is 1.64. The summed E-state index contributed by atoms with van der Waals surface area (Å²) in [7, 11) is 0. The van der Waals surface area contributed by atoms with E-state index in [0.717, 1.165) is 0 Å². The van der Waals surface area contributed by atoms with Crippen molar-refractivity contribution in [2.24, 2.45) is 5.73 Å². The molecule has 1 saturated heterocycles. The van der Waals surface area contributed by atoms with E-state index >= 15 is 0 Å². The van der Waals surface area contributed by atoms with Crippen LogP contribution in [0.5, 0.6) is 0 Å². The van der Waals surface area contributed by atoms with E-state index in [0.29, 0.717) is 13.1 Å². The molecule has 104 valence electrons. The van der Waals surface area contributed by atoms with Gasteiger partial charge in [-0.3, -0.25) is 0 Å². The van der Waals surface area contributed by atoms with Crippen molar-refractivity contribution in [3.8, 4) is 0 Å². The van der Waals surface area contributed by atoms with Crippen LogP contribution < -0.4 is 10.6 Å². The maximum absolute atomic E-state index is 14.1. The lowest BCUT2D eigenvalue weighted by molar-refractivity contribution is -0.00558. The first-order valence-electron chi connectivity index (χ1n) is 6.07. The summed E-state index contributed by atoms with van der Waals surface area (Å²) in [5.74, 6) is -1.30. The van der Waals surface area contributed by atoms with Crippen LogP contribution in [0, 0.1) is 11.6 Å². The van der Waals surface area contributed by atoms with Gasteiger partial charge in [-0.2, -0.15) is 0 Å². The van der Waals surface area contributed by atoms with E-state index < -0.39 is 11.6 Å². The molecule has 1 aromatic rings. The van der Waals surface area contributed by atoms with Crippen LogP contribution in [-0.2, 0) is 4.74 Å². The summed E-state index contributed by atoms with van der Waals surface area (Å²) in [5.41, 5.74) is 5.55. The van der Waals surface area contributed by atoms with Crippen LogP contribution in [0.2, 0.25) is 0 Å². The highest BCUT2D eigenvalue weighted by molar-refractivity contribution is 7.80. The maximum Gasteiger partial charge on any atom is 0.150 e. The van der Waals surface area contributed by atoms with Gasteiger partial charge in [0.25, 0.3) is 0 Å². The predicted molar refractivity (Wildman–Crippen MR) is 74.5 cm³/mol. The molecule has 6 heteroatoms. The number of nitrogens with two attached hydrogens (primary N) is 1. The number of rotatable bonds is 2. The Morgan fingerprint density at radius 2 is 1.74 bits per heavy atom. The average Bonchev–Trinajstić information content (AvgIpc) is 2.26. The van der Waals surface area contributed by atoms with Crippen molar-refractivity contribution in [1.82, 2.24) is 0 Å². The molecule has 1 aromatic carbocycles. The van der Waals surface area contributed by atoms with Gasteiger partial charge in [0.15, 0.2) is 0 Å². The molecule has 2 atom stereocenters. The molecule has 1 heterocycles. The minimum atomic E-state index is -0.649. The van der Waals surface area contributed by atoms with Gasteiger partial charge in [-0.25, -0.2) is 8.78 Å². The molecule has 3 nitrogen and oxygen atoms in total. The van der Waals surface area contributed by atoms with E-state index in [2.05, 4.69) is 0 Å². The monoisotopic (exact) mass is 286 g/mol. The van der Waals surface area contributed by atoms with Crippen molar-refractivity contribution in [2.75, 3.05) is 18.0 Å². The lowest BCUT2D eigenvalue weighted by Crippen LogP contribution is -2.46. The zero-order valence-corrected chi connectivity index (χ0v) is 11.6. The number of anilines is 1. The second kappa shape index (κ2) is 5.38. The van der Waals surface area contributed by atoms with Gasteiger partial charge in [-0.1, -0.05) is 12.2 Å². The van der Waals surface area contributed by atoms with Gasteiger partial charge in [-0.05, 0) is 26.0 Å². The molecule has 1 fully saturated rings. The van der Waals surface area contributed by atoms with Gasteiger partial charge in [0.1, 0.15) is 22.3 Å². The Labute approximate surface area is 116 Å². The third-order valence-corrected chi connectivity index (χ3v) is 3.27. The second-order valence-electron chi connectivity index (χ2n) is 4.82. The Kier molecular flexibility index (Phi) is 4.01. The van der Waals surface area contributed by atoms with Crippen molar-refractivity contribution in [3.63, 3.8) is 0 Å². The number of halogens is 2. The molecular weight excluding hydrogens is 270 g/mol. The van der Waals surface area contributed by atoms with Crippen molar-refractivity contribution in [3.05, 3.63) is 29.3 Å². The first-order chi connectivity index (χ1) is 8.88. The average molecular weight is 286 g/mol. The topological polar surface area (TPSA) is 38.5 Å². The first kappa shape index (κ1) is 14.1. The van der Waals surface area contributed by atoms with Crippen LogP contribution in [0.3, 0.4) is 0 Å². The molecule has 0 aliphatic carbocycles.